The van der Waals surface area contributed by atoms with E-state index in [1.54, 1.807) is 7.05 Å². The minimum Gasteiger partial charge on any atom is -0.467 e. The van der Waals surface area contributed by atoms with Crippen LogP contribution in [0.25, 0.3) is 0 Å². The van der Waals surface area contributed by atoms with Gasteiger partial charge in [-0.3, -0.25) is 4.99 Å². The standard InChI is InChI=1S/C19H24FN3O3/c1-21-19(23-7-14-15(8-23)17-3-2-16(14)26-17)22-6-11-4-13(20)5-12-9-24-10-25-18(11)12/h4-5,14-17H,2-3,6-10H2,1H3,(H,21,22). The first-order valence-electron chi connectivity index (χ1n) is 9.36. The van der Waals surface area contributed by atoms with Gasteiger partial charge >= 0.3 is 0 Å². The Hall–Kier alpha value is -1.86. The first-order valence-corrected chi connectivity index (χ1v) is 9.36. The molecule has 0 amide bonds. The Balaban J connectivity index is 1.29. The second-order valence-electron chi connectivity index (χ2n) is 7.59. The molecule has 7 heteroatoms. The lowest BCUT2D eigenvalue weighted by atomic mass is 9.82. The minimum absolute atomic E-state index is 0.207. The largest absolute Gasteiger partial charge is 0.467 e. The van der Waals surface area contributed by atoms with Crippen LogP contribution in [0, 0.1) is 17.7 Å². The van der Waals surface area contributed by atoms with E-state index >= 15 is 0 Å². The number of nitrogens with zero attached hydrogens (tertiary/aromatic N) is 2. The van der Waals surface area contributed by atoms with Crippen molar-refractivity contribution >= 4 is 5.96 Å². The van der Waals surface area contributed by atoms with E-state index in [1.165, 1.54) is 25.0 Å². The number of benzene rings is 1. The molecule has 4 aliphatic rings. The summed E-state index contributed by atoms with van der Waals surface area (Å²) < 4.78 is 30.8. The number of fused-ring (bicyclic) bond motifs is 6. The van der Waals surface area contributed by atoms with Crippen molar-refractivity contribution in [2.45, 2.75) is 38.2 Å². The van der Waals surface area contributed by atoms with Crippen LogP contribution in [0.5, 0.6) is 5.75 Å². The summed E-state index contributed by atoms with van der Waals surface area (Å²) in [6.07, 6.45) is 3.25. The normalized spacial score (nSPS) is 32.4. The molecule has 0 spiro atoms. The third kappa shape index (κ3) is 2.65. The number of nitrogens with one attached hydrogen (secondary N) is 1. The van der Waals surface area contributed by atoms with Crippen molar-refractivity contribution in [1.82, 2.24) is 10.2 Å². The molecule has 4 heterocycles. The predicted molar refractivity (Wildman–Crippen MR) is 93.3 cm³/mol. The summed E-state index contributed by atoms with van der Waals surface area (Å²) in [5.41, 5.74) is 1.56. The molecule has 4 aliphatic heterocycles. The Labute approximate surface area is 152 Å². The van der Waals surface area contributed by atoms with Gasteiger partial charge in [0, 0.05) is 49.6 Å². The Morgan fingerprint density at radius 2 is 2.04 bits per heavy atom. The summed E-state index contributed by atoms with van der Waals surface area (Å²) in [5, 5.41) is 3.39. The highest BCUT2D eigenvalue weighted by atomic mass is 19.1. The van der Waals surface area contributed by atoms with Crippen molar-refractivity contribution in [3.8, 4) is 5.75 Å². The quantitative estimate of drug-likeness (QED) is 0.644. The van der Waals surface area contributed by atoms with Crippen LogP contribution in [0.4, 0.5) is 4.39 Å². The molecule has 0 saturated carbocycles. The molecule has 0 aromatic heterocycles. The molecule has 3 fully saturated rings. The van der Waals surface area contributed by atoms with E-state index in [4.69, 9.17) is 14.2 Å². The molecule has 3 saturated heterocycles. The van der Waals surface area contributed by atoms with Gasteiger partial charge in [0.25, 0.3) is 0 Å². The van der Waals surface area contributed by atoms with Gasteiger partial charge in [-0.2, -0.15) is 0 Å². The number of aliphatic imine (C=N–C) groups is 1. The zero-order valence-electron chi connectivity index (χ0n) is 14.9. The maximum atomic E-state index is 13.9. The Morgan fingerprint density at radius 1 is 1.27 bits per heavy atom. The van der Waals surface area contributed by atoms with Crippen LogP contribution in [0.1, 0.15) is 24.0 Å². The van der Waals surface area contributed by atoms with Crippen LogP contribution in [0.15, 0.2) is 17.1 Å². The number of ether oxygens (including phenoxy) is 3. The Morgan fingerprint density at radius 3 is 2.77 bits per heavy atom. The number of hydrogen-bond donors (Lipinski definition) is 1. The SMILES string of the molecule is CN=C(NCc1cc(F)cc2c1OCOC2)N1CC2C3CCC(O3)C2C1. The lowest BCUT2D eigenvalue weighted by Crippen LogP contribution is -2.41. The monoisotopic (exact) mass is 361 g/mol. The van der Waals surface area contributed by atoms with Crippen molar-refractivity contribution in [3.63, 3.8) is 0 Å². The maximum Gasteiger partial charge on any atom is 0.193 e. The lowest BCUT2D eigenvalue weighted by molar-refractivity contribution is -0.0173. The molecule has 1 N–H and O–H groups in total. The van der Waals surface area contributed by atoms with Gasteiger partial charge in [0.2, 0.25) is 0 Å². The fraction of sp³-hybridized carbons (Fsp3) is 0.632. The average Bonchev–Trinajstić information content (AvgIpc) is 3.35. The van der Waals surface area contributed by atoms with Crippen LogP contribution in [-0.2, 0) is 22.6 Å². The van der Waals surface area contributed by atoms with Gasteiger partial charge in [0.15, 0.2) is 12.8 Å². The summed E-state index contributed by atoms with van der Waals surface area (Å²) in [4.78, 5) is 6.77. The third-order valence-corrected chi connectivity index (χ3v) is 6.15. The summed E-state index contributed by atoms with van der Waals surface area (Å²) in [7, 11) is 1.80. The van der Waals surface area contributed by atoms with E-state index in [2.05, 4.69) is 15.2 Å². The Kier molecular flexibility index (Phi) is 4.01. The zero-order chi connectivity index (χ0) is 17.7. The van der Waals surface area contributed by atoms with Crippen molar-refractivity contribution in [2.24, 2.45) is 16.8 Å². The van der Waals surface area contributed by atoms with Gasteiger partial charge in [-0.05, 0) is 25.0 Å². The molecule has 6 nitrogen and oxygen atoms in total. The molecule has 26 heavy (non-hydrogen) atoms. The average molecular weight is 361 g/mol. The predicted octanol–water partition coefficient (Wildman–Crippen LogP) is 1.88. The molecular formula is C19H24FN3O3. The molecule has 1 aromatic carbocycles. The van der Waals surface area contributed by atoms with Gasteiger partial charge < -0.3 is 24.4 Å². The number of likely N-dealkylation sites (tertiary alicyclic amines) is 1. The zero-order valence-corrected chi connectivity index (χ0v) is 14.9. The first kappa shape index (κ1) is 16.3. The molecular weight excluding hydrogens is 337 g/mol. The second-order valence-corrected chi connectivity index (χ2v) is 7.59. The highest BCUT2D eigenvalue weighted by Gasteiger charge is 2.53. The number of halogens is 1. The number of guanidine groups is 1. The van der Waals surface area contributed by atoms with E-state index in [-0.39, 0.29) is 12.6 Å². The van der Waals surface area contributed by atoms with Crippen molar-refractivity contribution in [2.75, 3.05) is 26.9 Å². The van der Waals surface area contributed by atoms with Crippen LogP contribution >= 0.6 is 0 Å². The van der Waals surface area contributed by atoms with Crippen LogP contribution in [0.2, 0.25) is 0 Å². The van der Waals surface area contributed by atoms with E-state index in [0.717, 1.165) is 35.9 Å². The van der Waals surface area contributed by atoms with Crippen LogP contribution < -0.4 is 10.1 Å². The summed E-state index contributed by atoms with van der Waals surface area (Å²) >= 11 is 0. The molecule has 5 rings (SSSR count). The van der Waals surface area contributed by atoms with Crippen LogP contribution in [0.3, 0.4) is 0 Å². The smallest absolute Gasteiger partial charge is 0.193 e. The summed E-state index contributed by atoms with van der Waals surface area (Å²) in [6.45, 7) is 3.03. The fourth-order valence-electron chi connectivity index (χ4n) is 5.03. The Bertz CT molecular complexity index is 723. The van der Waals surface area contributed by atoms with Crippen LogP contribution in [-0.4, -0.2) is 50.0 Å². The topological polar surface area (TPSA) is 55.3 Å². The molecule has 1 aromatic rings. The molecule has 2 bridgehead atoms. The number of hydrogen-bond acceptors (Lipinski definition) is 4. The first-order chi connectivity index (χ1) is 12.7. The minimum atomic E-state index is -0.269. The van der Waals surface area contributed by atoms with Gasteiger partial charge in [-0.1, -0.05) is 0 Å². The molecule has 0 aliphatic carbocycles. The molecule has 4 unspecified atom stereocenters. The van der Waals surface area contributed by atoms with E-state index < -0.39 is 0 Å². The van der Waals surface area contributed by atoms with E-state index in [0.29, 0.717) is 37.2 Å². The van der Waals surface area contributed by atoms with Gasteiger partial charge in [0.1, 0.15) is 11.6 Å². The second kappa shape index (κ2) is 6.39. The van der Waals surface area contributed by atoms with E-state index in [1.807, 2.05) is 0 Å². The highest BCUT2D eigenvalue weighted by molar-refractivity contribution is 5.80. The third-order valence-electron chi connectivity index (χ3n) is 6.15. The van der Waals surface area contributed by atoms with Crippen molar-refractivity contribution < 1.29 is 18.6 Å². The van der Waals surface area contributed by atoms with Crippen molar-refractivity contribution in [1.29, 1.82) is 0 Å². The van der Waals surface area contributed by atoms with Gasteiger partial charge in [-0.15, -0.1) is 0 Å². The highest BCUT2D eigenvalue weighted by Crippen LogP contribution is 2.47. The van der Waals surface area contributed by atoms with Gasteiger partial charge in [-0.25, -0.2) is 4.39 Å². The maximum absolute atomic E-state index is 13.9. The fourth-order valence-corrected chi connectivity index (χ4v) is 5.03. The van der Waals surface area contributed by atoms with Gasteiger partial charge in [0.05, 0.1) is 18.8 Å². The molecule has 140 valence electrons. The summed E-state index contributed by atoms with van der Waals surface area (Å²) in [5.74, 6) is 2.56. The molecule has 4 atom stereocenters. The lowest BCUT2D eigenvalue weighted by Gasteiger charge is -2.25. The number of rotatable bonds is 2. The molecule has 0 radical (unpaired) electrons. The van der Waals surface area contributed by atoms with Crippen molar-refractivity contribution in [3.05, 3.63) is 29.1 Å². The summed E-state index contributed by atoms with van der Waals surface area (Å²) in [6, 6.07) is 3.00. The van der Waals surface area contributed by atoms with E-state index in [9.17, 15) is 4.39 Å².